The minimum Gasteiger partial charge on any atom is -0.457 e. The van der Waals surface area contributed by atoms with Crippen molar-refractivity contribution in [3.63, 3.8) is 0 Å². The molecule has 0 bridgehead atoms. The van der Waals surface area contributed by atoms with Gasteiger partial charge in [0.1, 0.15) is 5.82 Å². The fourth-order valence-corrected chi connectivity index (χ4v) is 3.29. The minimum absolute atomic E-state index is 0.0335. The second-order valence-corrected chi connectivity index (χ2v) is 6.70. The van der Waals surface area contributed by atoms with Gasteiger partial charge in [-0.3, -0.25) is 9.59 Å². The van der Waals surface area contributed by atoms with Gasteiger partial charge < -0.3 is 15.4 Å². The van der Waals surface area contributed by atoms with Gasteiger partial charge in [-0.25, -0.2) is 9.97 Å². The monoisotopic (exact) mass is 376 g/mol. The maximum atomic E-state index is 12.2. The average molecular weight is 376 g/mol. The number of carbonyl (C=O) groups is 2. The lowest BCUT2D eigenvalue weighted by atomic mass is 10.1. The highest BCUT2D eigenvalue weighted by Gasteiger charge is 2.21. The van der Waals surface area contributed by atoms with Crippen LogP contribution in [0.15, 0.2) is 48.5 Å². The largest absolute Gasteiger partial charge is 0.457 e. The molecule has 1 aliphatic heterocycles. The number of fused-ring (bicyclic) bond motifs is 1. The lowest BCUT2D eigenvalue weighted by molar-refractivity contribution is -0.144. The molecule has 1 aliphatic rings. The molecule has 0 radical (unpaired) electrons. The van der Waals surface area contributed by atoms with Crippen LogP contribution in [-0.2, 0) is 27.4 Å². The van der Waals surface area contributed by atoms with E-state index in [9.17, 15) is 9.59 Å². The van der Waals surface area contributed by atoms with Crippen LogP contribution in [0, 0.1) is 0 Å². The summed E-state index contributed by atoms with van der Waals surface area (Å²) in [7, 11) is 0. The number of carbonyl (C=O) groups excluding carboxylic acids is 2. The van der Waals surface area contributed by atoms with Gasteiger partial charge in [-0.1, -0.05) is 24.3 Å². The SMILES string of the molecule is Nc1nc(COC(=O)Cc2ccc(N3CCCC3=O)cc2)nc2ccccc12. The number of nitrogens with zero attached hydrogens (tertiary/aromatic N) is 3. The van der Waals surface area contributed by atoms with E-state index in [4.69, 9.17) is 10.5 Å². The minimum atomic E-state index is -0.375. The first-order valence-corrected chi connectivity index (χ1v) is 9.16. The van der Waals surface area contributed by atoms with E-state index in [0.717, 1.165) is 29.6 Å². The third-order valence-corrected chi connectivity index (χ3v) is 4.71. The van der Waals surface area contributed by atoms with E-state index < -0.39 is 0 Å². The molecule has 0 aliphatic carbocycles. The molecule has 4 rings (SSSR count). The zero-order valence-electron chi connectivity index (χ0n) is 15.3. The van der Waals surface area contributed by atoms with Gasteiger partial charge in [0.15, 0.2) is 12.4 Å². The standard InChI is InChI=1S/C21H20N4O3/c22-21-16-4-1-2-5-17(16)23-18(24-21)13-28-20(27)12-14-7-9-15(10-8-14)25-11-3-6-19(25)26/h1-2,4-5,7-10H,3,6,11-13H2,(H2,22,23,24). The van der Waals surface area contributed by atoms with Crippen molar-refractivity contribution in [2.75, 3.05) is 17.2 Å². The van der Waals surface area contributed by atoms with E-state index in [2.05, 4.69) is 9.97 Å². The number of anilines is 2. The van der Waals surface area contributed by atoms with Gasteiger partial charge in [0.05, 0.1) is 11.9 Å². The highest BCUT2D eigenvalue weighted by Crippen LogP contribution is 2.22. The number of esters is 1. The predicted molar refractivity (Wildman–Crippen MR) is 105 cm³/mol. The van der Waals surface area contributed by atoms with E-state index in [0.29, 0.717) is 23.6 Å². The molecule has 0 unspecified atom stereocenters. The van der Waals surface area contributed by atoms with Crippen LogP contribution < -0.4 is 10.6 Å². The summed E-state index contributed by atoms with van der Waals surface area (Å²) in [6, 6.07) is 14.8. The van der Waals surface area contributed by atoms with Crippen LogP contribution in [0.1, 0.15) is 24.2 Å². The van der Waals surface area contributed by atoms with Crippen molar-refractivity contribution in [1.82, 2.24) is 9.97 Å². The van der Waals surface area contributed by atoms with Crippen molar-refractivity contribution in [3.8, 4) is 0 Å². The van der Waals surface area contributed by atoms with Gasteiger partial charge >= 0.3 is 5.97 Å². The molecule has 1 amide bonds. The Morgan fingerprint density at radius 3 is 2.64 bits per heavy atom. The number of aromatic nitrogens is 2. The third-order valence-electron chi connectivity index (χ3n) is 4.71. The Bertz CT molecular complexity index is 1030. The summed E-state index contributed by atoms with van der Waals surface area (Å²) in [5.41, 5.74) is 8.34. The molecule has 1 fully saturated rings. The predicted octanol–water partition coefficient (Wildman–Crippen LogP) is 2.62. The smallest absolute Gasteiger partial charge is 0.310 e. The van der Waals surface area contributed by atoms with E-state index in [1.54, 1.807) is 4.90 Å². The van der Waals surface area contributed by atoms with Crippen LogP contribution in [0.3, 0.4) is 0 Å². The third kappa shape index (κ3) is 3.78. The second-order valence-electron chi connectivity index (χ2n) is 6.70. The quantitative estimate of drug-likeness (QED) is 0.688. The van der Waals surface area contributed by atoms with Gasteiger partial charge in [-0.2, -0.15) is 0 Å². The van der Waals surface area contributed by atoms with E-state index >= 15 is 0 Å². The van der Waals surface area contributed by atoms with Crippen LogP contribution in [0.25, 0.3) is 10.9 Å². The molecule has 2 heterocycles. The molecule has 2 aromatic carbocycles. The van der Waals surface area contributed by atoms with Crippen LogP contribution in [0.4, 0.5) is 11.5 Å². The van der Waals surface area contributed by atoms with Crippen molar-refractivity contribution in [1.29, 1.82) is 0 Å². The number of hydrogen-bond donors (Lipinski definition) is 1. The van der Waals surface area contributed by atoms with Gasteiger partial charge in [-0.15, -0.1) is 0 Å². The molecule has 3 aromatic rings. The van der Waals surface area contributed by atoms with Crippen LogP contribution in [0.5, 0.6) is 0 Å². The summed E-state index contributed by atoms with van der Waals surface area (Å²) in [6.45, 7) is 0.712. The van der Waals surface area contributed by atoms with Crippen molar-refractivity contribution in [3.05, 3.63) is 59.9 Å². The van der Waals surface area contributed by atoms with Gasteiger partial charge in [0.25, 0.3) is 0 Å². The fraction of sp³-hybridized carbons (Fsp3) is 0.238. The molecule has 0 saturated carbocycles. The number of benzene rings is 2. The highest BCUT2D eigenvalue weighted by atomic mass is 16.5. The topological polar surface area (TPSA) is 98.4 Å². The maximum absolute atomic E-state index is 12.2. The molecular weight excluding hydrogens is 356 g/mol. The van der Waals surface area contributed by atoms with Gasteiger partial charge in [0.2, 0.25) is 5.91 Å². The molecule has 7 nitrogen and oxygen atoms in total. The Hall–Kier alpha value is -3.48. The average Bonchev–Trinajstić information content (AvgIpc) is 3.13. The zero-order chi connectivity index (χ0) is 19.5. The normalized spacial score (nSPS) is 13.9. The Morgan fingerprint density at radius 2 is 1.89 bits per heavy atom. The highest BCUT2D eigenvalue weighted by molar-refractivity contribution is 5.95. The lowest BCUT2D eigenvalue weighted by Gasteiger charge is -2.15. The number of rotatable bonds is 5. The lowest BCUT2D eigenvalue weighted by Crippen LogP contribution is -2.23. The second kappa shape index (κ2) is 7.64. The molecule has 142 valence electrons. The van der Waals surface area contributed by atoms with Gasteiger partial charge in [0, 0.05) is 24.0 Å². The molecule has 28 heavy (non-hydrogen) atoms. The molecular formula is C21H20N4O3. The fourth-order valence-electron chi connectivity index (χ4n) is 3.29. The first-order valence-electron chi connectivity index (χ1n) is 9.16. The summed E-state index contributed by atoms with van der Waals surface area (Å²) >= 11 is 0. The first-order chi connectivity index (χ1) is 13.6. The zero-order valence-corrected chi connectivity index (χ0v) is 15.3. The summed E-state index contributed by atoms with van der Waals surface area (Å²) in [4.78, 5) is 34.3. The molecule has 0 atom stereocenters. The van der Waals surface area contributed by atoms with Crippen LogP contribution in [-0.4, -0.2) is 28.4 Å². The molecule has 2 N–H and O–H groups in total. The molecule has 7 heteroatoms. The van der Waals surface area contributed by atoms with Crippen molar-refractivity contribution in [2.24, 2.45) is 0 Å². The summed E-state index contributed by atoms with van der Waals surface area (Å²) in [5.74, 6) is 0.498. The number of hydrogen-bond acceptors (Lipinski definition) is 6. The Kier molecular flexibility index (Phi) is 4.89. The number of para-hydroxylation sites is 1. The molecule has 1 aromatic heterocycles. The van der Waals surface area contributed by atoms with Crippen LogP contribution in [0.2, 0.25) is 0 Å². The van der Waals surface area contributed by atoms with E-state index in [1.165, 1.54) is 0 Å². The number of ether oxygens (including phenoxy) is 1. The first kappa shape index (κ1) is 17.9. The van der Waals surface area contributed by atoms with Crippen LogP contribution >= 0.6 is 0 Å². The summed E-state index contributed by atoms with van der Waals surface area (Å²) < 4.78 is 5.30. The van der Waals surface area contributed by atoms with E-state index in [-0.39, 0.29) is 24.9 Å². The Morgan fingerprint density at radius 1 is 1.11 bits per heavy atom. The number of nitrogen functional groups attached to an aromatic ring is 1. The van der Waals surface area contributed by atoms with Crippen molar-refractivity contribution < 1.29 is 14.3 Å². The number of nitrogens with two attached hydrogens (primary N) is 1. The van der Waals surface area contributed by atoms with Crippen molar-refractivity contribution in [2.45, 2.75) is 25.9 Å². The molecule has 0 spiro atoms. The Labute approximate surface area is 162 Å². The molecule has 1 saturated heterocycles. The summed E-state index contributed by atoms with van der Waals surface area (Å²) in [5, 5.41) is 0.772. The van der Waals surface area contributed by atoms with Crippen molar-refractivity contribution >= 4 is 34.3 Å². The van der Waals surface area contributed by atoms with Gasteiger partial charge in [-0.05, 0) is 36.2 Å². The summed E-state index contributed by atoms with van der Waals surface area (Å²) in [6.07, 6.45) is 1.61. The Balaban J connectivity index is 1.36. The maximum Gasteiger partial charge on any atom is 0.310 e. The van der Waals surface area contributed by atoms with E-state index in [1.807, 2.05) is 48.5 Å². The number of amides is 1.